The van der Waals surface area contributed by atoms with Crippen LogP contribution in [0.3, 0.4) is 0 Å². The van der Waals surface area contributed by atoms with Crippen molar-refractivity contribution in [3.63, 3.8) is 0 Å². The highest BCUT2D eigenvalue weighted by Gasteiger charge is 2.72. The number of carbonyl (C=O) groups excluding carboxylic acids is 1. The van der Waals surface area contributed by atoms with Gasteiger partial charge in [0.25, 0.3) is 0 Å². The second kappa shape index (κ2) is 10.7. The van der Waals surface area contributed by atoms with Gasteiger partial charge in [-0.3, -0.25) is 4.79 Å². The van der Waals surface area contributed by atoms with E-state index in [0.29, 0.717) is 31.1 Å². The average molecular weight is 610 g/mol. The molecular formula is C30H38Cl2N2O7. The van der Waals surface area contributed by atoms with Gasteiger partial charge in [-0.25, -0.2) is 0 Å². The minimum atomic E-state index is -0.900. The molecule has 11 heteroatoms. The van der Waals surface area contributed by atoms with Crippen molar-refractivity contribution in [3.8, 4) is 28.7 Å². The van der Waals surface area contributed by atoms with E-state index in [0.717, 1.165) is 61.7 Å². The van der Waals surface area contributed by atoms with Crippen molar-refractivity contribution in [2.45, 2.75) is 61.8 Å². The van der Waals surface area contributed by atoms with E-state index in [9.17, 15) is 9.90 Å². The second-order valence-electron chi connectivity index (χ2n) is 11.7. The number of rotatable bonds is 2. The lowest BCUT2D eigenvalue weighted by Crippen LogP contribution is -2.76. The van der Waals surface area contributed by atoms with Gasteiger partial charge in [0.15, 0.2) is 34.9 Å². The number of hydrogen-bond acceptors (Lipinski definition) is 9. The molecule has 1 spiro atoms. The van der Waals surface area contributed by atoms with Crippen LogP contribution < -0.4 is 23.7 Å². The van der Waals surface area contributed by atoms with E-state index in [1.165, 1.54) is 16.7 Å². The molecule has 9 nitrogen and oxygen atoms in total. The van der Waals surface area contributed by atoms with Gasteiger partial charge in [-0.1, -0.05) is 6.07 Å². The van der Waals surface area contributed by atoms with Crippen LogP contribution in [0.1, 0.15) is 41.5 Å². The third-order valence-electron chi connectivity index (χ3n) is 9.94. The molecule has 4 atom stereocenters. The number of ketones is 1. The van der Waals surface area contributed by atoms with Crippen molar-refractivity contribution < 1.29 is 33.6 Å². The maximum absolute atomic E-state index is 12.7. The molecule has 2 aliphatic carbocycles. The van der Waals surface area contributed by atoms with Gasteiger partial charge >= 0.3 is 0 Å². The van der Waals surface area contributed by atoms with E-state index in [4.69, 9.17) is 23.7 Å². The van der Waals surface area contributed by atoms with Crippen LogP contribution in [0, 0.1) is 0 Å². The van der Waals surface area contributed by atoms with Crippen LogP contribution in [0.4, 0.5) is 0 Å². The molecule has 0 unspecified atom stereocenters. The third kappa shape index (κ3) is 4.03. The fraction of sp³-hybridized carbons (Fsp3) is 0.567. The van der Waals surface area contributed by atoms with Gasteiger partial charge in [0, 0.05) is 36.7 Å². The largest absolute Gasteiger partial charge is 0.493 e. The lowest BCUT2D eigenvalue weighted by molar-refractivity contribution is -0.185. The Bertz CT molecular complexity index is 1370. The number of likely N-dealkylation sites (tertiary alicyclic amines) is 1. The van der Waals surface area contributed by atoms with E-state index in [1.807, 2.05) is 6.07 Å². The summed E-state index contributed by atoms with van der Waals surface area (Å²) in [5.41, 5.74) is 3.29. The molecule has 0 radical (unpaired) electrons. The van der Waals surface area contributed by atoms with Crippen LogP contribution in [-0.4, -0.2) is 86.6 Å². The molecule has 0 amide bonds. The summed E-state index contributed by atoms with van der Waals surface area (Å²) in [7, 11) is 7.50. The van der Waals surface area contributed by atoms with E-state index < -0.39 is 17.1 Å². The first-order valence-corrected chi connectivity index (χ1v) is 13.8. The molecular weight excluding hydrogens is 571 g/mol. The predicted octanol–water partition coefficient (Wildman–Crippen LogP) is 3.30. The molecule has 6 aliphatic rings. The zero-order valence-electron chi connectivity index (χ0n) is 23.9. The highest BCUT2D eigenvalue weighted by molar-refractivity contribution is 5.90. The first-order chi connectivity index (χ1) is 18.8. The Hall–Kier alpha value is -2.43. The summed E-state index contributed by atoms with van der Waals surface area (Å²) in [5, 5.41) is 11.7. The molecule has 2 aromatic rings. The van der Waals surface area contributed by atoms with E-state index >= 15 is 0 Å². The molecule has 2 aromatic carbocycles. The summed E-state index contributed by atoms with van der Waals surface area (Å²) in [6, 6.07) is 6.14. The normalized spacial score (nSPS) is 29.9. The van der Waals surface area contributed by atoms with Gasteiger partial charge in [-0.05, 0) is 69.6 Å². The van der Waals surface area contributed by atoms with Crippen molar-refractivity contribution in [2.24, 2.45) is 0 Å². The Kier molecular flexibility index (Phi) is 7.83. The van der Waals surface area contributed by atoms with Gasteiger partial charge < -0.3 is 38.6 Å². The zero-order chi connectivity index (χ0) is 27.1. The van der Waals surface area contributed by atoms with Gasteiger partial charge in [0.2, 0.25) is 12.5 Å². The van der Waals surface area contributed by atoms with E-state index in [1.54, 1.807) is 14.2 Å². The van der Waals surface area contributed by atoms with Crippen LogP contribution in [-0.2, 0) is 29.6 Å². The Morgan fingerprint density at radius 1 is 1.00 bits per heavy atom. The number of ether oxygens (including phenoxy) is 5. The maximum Gasteiger partial charge on any atom is 0.231 e. The van der Waals surface area contributed by atoms with Crippen LogP contribution in [0.25, 0.3) is 0 Å². The molecule has 4 heterocycles. The number of hydrogen-bond donors (Lipinski definition) is 1. The monoisotopic (exact) mass is 608 g/mol. The SMILES string of the molecule is COc1c2c(cc3c1OCO3)CCN(C)C2.COc1ccc2c3c1O[C@H]1C(=O)CC[C@@]4(O)[C@@H](C2)N(C)CC[C@]314.Cl.Cl. The fourth-order valence-electron chi connectivity index (χ4n) is 8.06. The quantitative estimate of drug-likeness (QED) is 0.551. The van der Waals surface area contributed by atoms with E-state index in [2.05, 4.69) is 36.0 Å². The Labute approximate surface area is 252 Å². The maximum atomic E-state index is 12.7. The van der Waals surface area contributed by atoms with Crippen LogP contribution in [0.5, 0.6) is 28.7 Å². The molecule has 224 valence electrons. The molecule has 8 rings (SSSR count). The average Bonchev–Trinajstić information content (AvgIpc) is 3.54. The summed E-state index contributed by atoms with van der Waals surface area (Å²) in [6.45, 7) is 3.16. The second-order valence-corrected chi connectivity index (χ2v) is 11.7. The first kappa shape index (κ1) is 30.0. The van der Waals surface area contributed by atoms with Gasteiger partial charge in [0.05, 0.1) is 25.2 Å². The lowest BCUT2D eigenvalue weighted by atomic mass is 9.49. The molecule has 4 aliphatic heterocycles. The Morgan fingerprint density at radius 3 is 2.56 bits per heavy atom. The number of nitrogens with zero attached hydrogens (tertiary/aromatic N) is 2. The number of carbonyl (C=O) groups is 1. The van der Waals surface area contributed by atoms with Crippen molar-refractivity contribution in [2.75, 3.05) is 48.2 Å². The molecule has 1 saturated carbocycles. The number of fused-ring (bicyclic) bond motifs is 2. The number of Topliss-reactive ketones (excluding diaryl/α,β-unsaturated/α-hetero) is 1. The lowest BCUT2D eigenvalue weighted by Gasteiger charge is -2.62. The standard InChI is InChI=1S/C18H21NO4.C12H15NO3.2ClH/c1-19-8-7-17-14-10-3-4-12(22-2)15(14)23-16(17)11(20)5-6-18(17,21)13(19)9-10;1-13-4-3-8-5-10-12(16-7-15-10)11(14-2)9(8)6-13;;/h3-4,13,16,21H,5-9H2,1-2H3;5H,3-4,6-7H2,1-2H3;2*1H/t13-,16+,17+,18-;;;/m1.../s1. The number of piperidine rings is 1. The molecule has 2 fully saturated rings. The van der Waals surface area contributed by atoms with Crippen LogP contribution in [0.15, 0.2) is 18.2 Å². The Morgan fingerprint density at radius 2 is 1.80 bits per heavy atom. The molecule has 0 aromatic heterocycles. The fourth-order valence-corrected chi connectivity index (χ4v) is 8.06. The Balaban J connectivity index is 0.000000166. The summed E-state index contributed by atoms with van der Waals surface area (Å²) in [5.74, 6) is 3.89. The molecule has 41 heavy (non-hydrogen) atoms. The van der Waals surface area contributed by atoms with Crippen molar-refractivity contribution in [1.82, 2.24) is 9.80 Å². The molecule has 1 N–H and O–H groups in total. The highest BCUT2D eigenvalue weighted by atomic mass is 35.5. The number of halogens is 2. The number of aliphatic hydroxyl groups is 1. The summed E-state index contributed by atoms with van der Waals surface area (Å²) in [6.07, 6.45) is 2.93. The van der Waals surface area contributed by atoms with Gasteiger partial charge in [-0.2, -0.15) is 0 Å². The van der Waals surface area contributed by atoms with Gasteiger partial charge in [-0.15, -0.1) is 24.8 Å². The van der Waals surface area contributed by atoms with Crippen molar-refractivity contribution >= 4 is 30.6 Å². The smallest absolute Gasteiger partial charge is 0.231 e. The zero-order valence-corrected chi connectivity index (χ0v) is 25.5. The molecule has 1 saturated heterocycles. The first-order valence-electron chi connectivity index (χ1n) is 13.8. The summed E-state index contributed by atoms with van der Waals surface area (Å²) in [4.78, 5) is 17.2. The van der Waals surface area contributed by atoms with Crippen molar-refractivity contribution in [3.05, 3.63) is 40.5 Å². The minimum Gasteiger partial charge on any atom is -0.493 e. The van der Waals surface area contributed by atoms with Crippen molar-refractivity contribution in [1.29, 1.82) is 0 Å². The third-order valence-corrected chi connectivity index (χ3v) is 9.94. The van der Waals surface area contributed by atoms with E-state index in [-0.39, 0.29) is 36.6 Å². The number of benzene rings is 2. The highest BCUT2D eigenvalue weighted by Crippen LogP contribution is 2.64. The topological polar surface area (TPSA) is 89.9 Å². The predicted molar refractivity (Wildman–Crippen MR) is 157 cm³/mol. The number of methoxy groups -OCH3 is 2. The van der Waals surface area contributed by atoms with Gasteiger partial charge in [0.1, 0.15) is 0 Å². The minimum absolute atomic E-state index is 0. The summed E-state index contributed by atoms with van der Waals surface area (Å²) >= 11 is 0. The van der Waals surface area contributed by atoms with Crippen LogP contribution >= 0.6 is 24.8 Å². The number of likely N-dealkylation sites (N-methyl/N-ethyl adjacent to an activating group) is 2. The molecule has 2 bridgehead atoms. The van der Waals surface area contributed by atoms with Crippen LogP contribution in [0.2, 0.25) is 0 Å². The summed E-state index contributed by atoms with van der Waals surface area (Å²) < 4.78 is 28.0.